The lowest BCUT2D eigenvalue weighted by Gasteiger charge is -2.12. The SMILES string of the molecule is CN=C(NCCNS(=O)(=O)c1cccc([N+](=O)[O-])c1)NCCc1ccccn1.I. The van der Waals surface area contributed by atoms with Crippen LogP contribution < -0.4 is 15.4 Å². The van der Waals surface area contributed by atoms with Crippen LogP contribution in [0.3, 0.4) is 0 Å². The van der Waals surface area contributed by atoms with Crippen molar-refractivity contribution in [2.45, 2.75) is 11.3 Å². The Bertz CT molecular complexity index is 925. The summed E-state index contributed by atoms with van der Waals surface area (Å²) >= 11 is 0. The van der Waals surface area contributed by atoms with E-state index in [2.05, 4.69) is 25.3 Å². The van der Waals surface area contributed by atoms with Crippen LogP contribution in [0, 0.1) is 10.1 Å². The van der Waals surface area contributed by atoms with Crippen LogP contribution in [-0.4, -0.2) is 51.0 Å². The van der Waals surface area contributed by atoms with Gasteiger partial charge in [0.05, 0.1) is 9.82 Å². The second kappa shape index (κ2) is 12.3. The zero-order valence-corrected chi connectivity index (χ0v) is 18.9. The number of nitrogens with one attached hydrogen (secondary N) is 3. The van der Waals surface area contributed by atoms with Crippen molar-refractivity contribution in [2.75, 3.05) is 26.7 Å². The van der Waals surface area contributed by atoms with Crippen LogP contribution >= 0.6 is 24.0 Å². The molecule has 0 bridgehead atoms. The molecule has 29 heavy (non-hydrogen) atoms. The van der Waals surface area contributed by atoms with Crippen LogP contribution in [-0.2, 0) is 16.4 Å². The molecule has 0 amide bonds. The maximum absolute atomic E-state index is 12.2. The second-order valence-electron chi connectivity index (χ2n) is 5.65. The lowest BCUT2D eigenvalue weighted by molar-refractivity contribution is -0.385. The van der Waals surface area contributed by atoms with Crippen molar-refractivity contribution in [1.82, 2.24) is 20.3 Å². The molecule has 0 saturated carbocycles. The van der Waals surface area contributed by atoms with Crippen molar-refractivity contribution >= 4 is 45.6 Å². The summed E-state index contributed by atoms with van der Waals surface area (Å²) in [6.45, 7) is 0.999. The summed E-state index contributed by atoms with van der Waals surface area (Å²) in [6, 6.07) is 10.6. The van der Waals surface area contributed by atoms with Gasteiger partial charge < -0.3 is 10.6 Å². The highest BCUT2D eigenvalue weighted by atomic mass is 127. The van der Waals surface area contributed by atoms with Crippen molar-refractivity contribution in [3.05, 3.63) is 64.5 Å². The highest BCUT2D eigenvalue weighted by Crippen LogP contribution is 2.16. The van der Waals surface area contributed by atoms with E-state index in [1.165, 1.54) is 18.2 Å². The molecule has 0 aliphatic rings. The monoisotopic (exact) mass is 534 g/mol. The molecule has 1 heterocycles. The van der Waals surface area contributed by atoms with Gasteiger partial charge in [0.25, 0.3) is 5.69 Å². The molecule has 1 aromatic heterocycles. The number of non-ortho nitro benzene ring substituents is 1. The number of aliphatic imine (C=N–C) groups is 1. The van der Waals surface area contributed by atoms with Crippen molar-refractivity contribution < 1.29 is 13.3 Å². The van der Waals surface area contributed by atoms with Crippen LogP contribution in [0.25, 0.3) is 0 Å². The van der Waals surface area contributed by atoms with Gasteiger partial charge in [-0.15, -0.1) is 24.0 Å². The summed E-state index contributed by atoms with van der Waals surface area (Å²) in [7, 11) is -2.22. The molecular formula is C17H23IN6O4S. The summed E-state index contributed by atoms with van der Waals surface area (Å²) in [5.74, 6) is 0.533. The van der Waals surface area contributed by atoms with Gasteiger partial charge in [-0.25, -0.2) is 13.1 Å². The number of halogens is 1. The van der Waals surface area contributed by atoms with Crippen molar-refractivity contribution in [2.24, 2.45) is 4.99 Å². The zero-order chi connectivity index (χ0) is 20.4. The molecule has 0 radical (unpaired) electrons. The van der Waals surface area contributed by atoms with Crippen molar-refractivity contribution in [1.29, 1.82) is 0 Å². The fraction of sp³-hybridized carbons (Fsp3) is 0.294. The Morgan fingerprint density at radius 2 is 1.90 bits per heavy atom. The Morgan fingerprint density at radius 3 is 2.55 bits per heavy atom. The highest BCUT2D eigenvalue weighted by Gasteiger charge is 2.17. The first kappa shape index (κ1) is 24.7. The van der Waals surface area contributed by atoms with E-state index in [0.29, 0.717) is 12.5 Å². The van der Waals surface area contributed by atoms with Gasteiger partial charge in [-0.3, -0.25) is 20.1 Å². The number of sulfonamides is 1. The average molecular weight is 534 g/mol. The first-order chi connectivity index (χ1) is 13.4. The lowest BCUT2D eigenvalue weighted by atomic mass is 10.3. The molecule has 0 aliphatic carbocycles. The predicted molar refractivity (Wildman–Crippen MR) is 121 cm³/mol. The number of hydrogen-bond acceptors (Lipinski definition) is 6. The Morgan fingerprint density at radius 1 is 1.14 bits per heavy atom. The summed E-state index contributed by atoms with van der Waals surface area (Å²) in [6.07, 6.45) is 2.46. The topological polar surface area (TPSA) is 139 Å². The Kier molecular flexibility index (Phi) is 10.5. The van der Waals surface area contributed by atoms with Crippen LogP contribution in [0.15, 0.2) is 58.5 Å². The number of benzene rings is 1. The minimum atomic E-state index is -3.84. The molecule has 0 fully saturated rings. The molecule has 0 atom stereocenters. The Labute approximate surface area is 186 Å². The van der Waals surface area contributed by atoms with Gasteiger partial charge in [0.2, 0.25) is 10.0 Å². The maximum Gasteiger partial charge on any atom is 0.270 e. The van der Waals surface area contributed by atoms with Gasteiger partial charge in [-0.05, 0) is 18.2 Å². The Hall–Kier alpha value is -2.32. The van der Waals surface area contributed by atoms with E-state index < -0.39 is 14.9 Å². The molecule has 2 rings (SSSR count). The second-order valence-corrected chi connectivity index (χ2v) is 7.42. The molecule has 158 valence electrons. The zero-order valence-electron chi connectivity index (χ0n) is 15.7. The summed E-state index contributed by atoms with van der Waals surface area (Å²) in [4.78, 5) is 18.3. The summed E-state index contributed by atoms with van der Waals surface area (Å²) < 4.78 is 26.9. The Balaban J connectivity index is 0.00000420. The number of nitro groups is 1. The van der Waals surface area contributed by atoms with E-state index in [1.54, 1.807) is 13.2 Å². The fourth-order valence-corrected chi connectivity index (χ4v) is 3.36. The number of nitrogens with zero attached hydrogens (tertiary/aromatic N) is 3. The molecule has 3 N–H and O–H groups in total. The quantitative estimate of drug-likeness (QED) is 0.110. The molecule has 2 aromatic rings. The molecule has 10 nitrogen and oxygen atoms in total. The largest absolute Gasteiger partial charge is 0.356 e. The molecule has 12 heteroatoms. The summed E-state index contributed by atoms with van der Waals surface area (Å²) in [5.41, 5.74) is 0.675. The molecule has 0 saturated heterocycles. The van der Waals surface area contributed by atoms with Gasteiger partial charge in [0.1, 0.15) is 0 Å². The number of guanidine groups is 1. The van der Waals surface area contributed by atoms with E-state index in [1.807, 2.05) is 18.2 Å². The third-order valence-electron chi connectivity index (χ3n) is 3.67. The number of hydrogen-bond donors (Lipinski definition) is 3. The van der Waals surface area contributed by atoms with Gasteiger partial charge in [-0.2, -0.15) is 0 Å². The number of pyridine rings is 1. The number of nitro benzene ring substituents is 1. The standard InChI is InChI=1S/C17H22N6O4S.HI/c1-18-17(20-10-8-14-5-2-3-9-19-14)21-11-12-22-28(26,27)16-7-4-6-15(13-16)23(24)25;/h2-7,9,13,22H,8,10-12H2,1H3,(H2,18,20,21);1H. The van der Waals surface area contributed by atoms with Gasteiger partial charge in [-0.1, -0.05) is 12.1 Å². The van der Waals surface area contributed by atoms with E-state index in [0.717, 1.165) is 18.2 Å². The third-order valence-corrected chi connectivity index (χ3v) is 5.13. The van der Waals surface area contributed by atoms with Crippen LogP contribution in [0.5, 0.6) is 0 Å². The van der Waals surface area contributed by atoms with Crippen LogP contribution in [0.1, 0.15) is 5.69 Å². The predicted octanol–water partition coefficient (Wildman–Crippen LogP) is 1.29. The average Bonchev–Trinajstić information content (AvgIpc) is 2.70. The minimum absolute atomic E-state index is 0. The van der Waals surface area contributed by atoms with Gasteiger partial charge >= 0.3 is 0 Å². The normalized spacial score (nSPS) is 11.4. The number of rotatable bonds is 9. The highest BCUT2D eigenvalue weighted by molar-refractivity contribution is 14.0. The van der Waals surface area contributed by atoms with E-state index in [-0.39, 0.29) is 47.6 Å². The summed E-state index contributed by atoms with van der Waals surface area (Å²) in [5, 5.41) is 16.9. The van der Waals surface area contributed by atoms with Crippen molar-refractivity contribution in [3.8, 4) is 0 Å². The molecule has 0 spiro atoms. The van der Waals surface area contributed by atoms with Crippen molar-refractivity contribution in [3.63, 3.8) is 0 Å². The van der Waals surface area contributed by atoms with E-state index >= 15 is 0 Å². The van der Waals surface area contributed by atoms with Gasteiger partial charge in [0.15, 0.2) is 5.96 Å². The van der Waals surface area contributed by atoms with Crippen LogP contribution in [0.4, 0.5) is 5.69 Å². The molecule has 1 aromatic carbocycles. The lowest BCUT2D eigenvalue weighted by Crippen LogP contribution is -2.42. The van der Waals surface area contributed by atoms with E-state index in [4.69, 9.17) is 0 Å². The molecule has 0 aliphatic heterocycles. The fourth-order valence-electron chi connectivity index (χ4n) is 2.29. The maximum atomic E-state index is 12.2. The molecule has 0 unspecified atom stereocenters. The first-order valence-electron chi connectivity index (χ1n) is 8.51. The number of aromatic nitrogens is 1. The third kappa shape index (κ3) is 8.29. The minimum Gasteiger partial charge on any atom is -0.356 e. The molecular weight excluding hydrogens is 511 g/mol. The van der Waals surface area contributed by atoms with Crippen LogP contribution in [0.2, 0.25) is 0 Å². The first-order valence-corrected chi connectivity index (χ1v) is 9.99. The smallest absolute Gasteiger partial charge is 0.270 e. The van der Waals surface area contributed by atoms with Gasteiger partial charge in [0, 0.05) is 57.1 Å². The van der Waals surface area contributed by atoms with E-state index in [9.17, 15) is 18.5 Å².